The minimum Gasteiger partial charge on any atom is -0.462 e. The highest BCUT2D eigenvalue weighted by Gasteiger charge is 2.44. The van der Waals surface area contributed by atoms with Gasteiger partial charge < -0.3 is 19.7 Å². The first-order chi connectivity index (χ1) is 13.9. The number of aromatic nitrogens is 2. The van der Waals surface area contributed by atoms with Gasteiger partial charge >= 0.3 is 19.8 Å². The number of alkyl halides is 1. The zero-order valence-electron chi connectivity index (χ0n) is 16.9. The molecule has 0 amide bonds. The first kappa shape index (κ1) is 26.0. The van der Waals surface area contributed by atoms with Crippen molar-refractivity contribution in [2.24, 2.45) is 0 Å². The van der Waals surface area contributed by atoms with E-state index >= 15 is 4.39 Å². The van der Waals surface area contributed by atoms with E-state index in [1.807, 2.05) is 4.98 Å². The lowest BCUT2D eigenvalue weighted by atomic mass is 10.2. The van der Waals surface area contributed by atoms with Crippen LogP contribution in [0.1, 0.15) is 33.9 Å². The molecule has 30 heavy (non-hydrogen) atoms. The number of ether oxygens (including phenoxy) is 2. The van der Waals surface area contributed by atoms with Gasteiger partial charge in [0.1, 0.15) is 12.1 Å². The number of aliphatic hydroxyl groups excluding tert-OH is 2. The minimum absolute atomic E-state index is 0.394. The lowest BCUT2D eigenvalue weighted by Gasteiger charge is -2.30. The van der Waals surface area contributed by atoms with Gasteiger partial charge in [-0.1, -0.05) is 5.09 Å². The average molecular weight is 454 g/mol. The summed E-state index contributed by atoms with van der Waals surface area (Å²) in [6.45, 7) is 3.66. The Kier molecular flexibility index (Phi) is 9.88. The van der Waals surface area contributed by atoms with Gasteiger partial charge in [0.05, 0.1) is 12.7 Å². The van der Waals surface area contributed by atoms with Gasteiger partial charge in [0, 0.05) is 12.3 Å². The predicted molar refractivity (Wildman–Crippen MR) is 101 cm³/mol. The van der Waals surface area contributed by atoms with Crippen molar-refractivity contribution in [2.45, 2.75) is 58.0 Å². The maximum atomic E-state index is 15.1. The molecule has 0 aliphatic carbocycles. The first-order valence-electron chi connectivity index (χ1n) is 8.93. The highest BCUT2D eigenvalue weighted by atomic mass is 31.1. The summed E-state index contributed by atoms with van der Waals surface area (Å²) in [5.74, 6) is -3.70. The van der Waals surface area contributed by atoms with Gasteiger partial charge in [-0.3, -0.25) is 19.1 Å². The molecule has 14 heteroatoms. The molecule has 1 heterocycles. The van der Waals surface area contributed by atoms with Gasteiger partial charge in [0.15, 0.2) is 12.8 Å². The Labute approximate surface area is 171 Å². The normalized spacial score (nSPS) is 17.1. The number of rotatable bonds is 12. The minimum atomic E-state index is -3.00. The largest absolute Gasteiger partial charge is 0.614 e. The van der Waals surface area contributed by atoms with Crippen molar-refractivity contribution >= 4 is 14.1 Å². The van der Waals surface area contributed by atoms with Crippen LogP contribution in [0.15, 0.2) is 21.9 Å². The molecule has 0 aliphatic heterocycles. The summed E-state index contributed by atoms with van der Waals surface area (Å²) in [4.78, 5) is 36.6. The molecule has 0 saturated heterocycles. The molecule has 1 aromatic heterocycles. The monoisotopic (exact) mass is 454 g/mol. The highest BCUT2D eigenvalue weighted by Crippen LogP contribution is 2.29. The summed E-state index contributed by atoms with van der Waals surface area (Å²) in [6, 6.07) is -0.0765. The summed E-state index contributed by atoms with van der Waals surface area (Å²) in [7, 11) is -2.77. The molecule has 0 aliphatic rings. The van der Waals surface area contributed by atoms with Gasteiger partial charge in [-0.2, -0.15) is 0 Å². The Hall–Kier alpha value is -2.02. The number of aromatic amines is 1. The van der Waals surface area contributed by atoms with Crippen LogP contribution in [-0.2, 0) is 23.4 Å². The van der Waals surface area contributed by atoms with Crippen LogP contribution in [0.2, 0.25) is 0 Å². The van der Waals surface area contributed by atoms with Crippen LogP contribution >= 0.6 is 8.18 Å². The van der Waals surface area contributed by atoms with Crippen LogP contribution in [-0.4, -0.2) is 63.1 Å². The van der Waals surface area contributed by atoms with Crippen molar-refractivity contribution in [2.75, 3.05) is 13.2 Å². The molecule has 1 rings (SSSR count). The van der Waals surface area contributed by atoms with Crippen molar-refractivity contribution in [3.8, 4) is 0 Å². The first-order valence-corrected chi connectivity index (χ1v) is 10.1. The number of hydrogen-bond acceptors (Lipinski definition) is 9. The second-order valence-electron chi connectivity index (χ2n) is 6.60. The van der Waals surface area contributed by atoms with Crippen molar-refractivity contribution in [1.29, 1.82) is 0 Å². The predicted octanol–water partition coefficient (Wildman–Crippen LogP) is -0.306. The number of aliphatic hydroxyl groups is 2. The van der Waals surface area contributed by atoms with E-state index in [4.69, 9.17) is 14.0 Å². The molecule has 0 bridgehead atoms. The number of halogens is 1. The zero-order chi connectivity index (χ0) is 23.1. The lowest BCUT2D eigenvalue weighted by molar-refractivity contribution is -0.263. The van der Waals surface area contributed by atoms with Crippen molar-refractivity contribution in [3.05, 3.63) is 33.1 Å². The number of hydrogen-bond donors (Lipinski definition) is 4. The van der Waals surface area contributed by atoms with E-state index in [0.29, 0.717) is 4.57 Å². The third-order valence-electron chi connectivity index (χ3n) is 3.66. The third kappa shape index (κ3) is 7.67. The van der Waals surface area contributed by atoms with Gasteiger partial charge in [-0.05, 0) is 32.3 Å². The van der Waals surface area contributed by atoms with Gasteiger partial charge in [0.2, 0.25) is 0 Å². The van der Waals surface area contributed by atoms with Crippen LogP contribution in [0.25, 0.3) is 0 Å². The molecule has 5 atom stereocenters. The molecular formula is C16H26FN3O9P+. The molecule has 0 saturated carbocycles. The van der Waals surface area contributed by atoms with E-state index in [1.165, 1.54) is 6.92 Å². The Balaban J connectivity index is 2.83. The summed E-state index contributed by atoms with van der Waals surface area (Å²) < 4.78 is 42.6. The van der Waals surface area contributed by atoms with Crippen LogP contribution in [0, 0.1) is 0 Å². The molecule has 170 valence electrons. The van der Waals surface area contributed by atoms with Crippen molar-refractivity contribution in [1.82, 2.24) is 14.6 Å². The highest BCUT2D eigenvalue weighted by molar-refractivity contribution is 7.36. The quantitative estimate of drug-likeness (QED) is 0.243. The summed E-state index contributed by atoms with van der Waals surface area (Å²) in [5, 5.41) is 21.5. The number of H-pyrrole nitrogens is 1. The fraction of sp³-hybridized carbons (Fsp3) is 0.688. The Morgan fingerprint density at radius 2 is 2.00 bits per heavy atom. The molecule has 0 radical (unpaired) electrons. The van der Waals surface area contributed by atoms with Gasteiger partial charge in [-0.25, -0.2) is 9.18 Å². The molecule has 4 N–H and O–H groups in total. The van der Waals surface area contributed by atoms with E-state index in [2.05, 4.69) is 5.09 Å². The topological polar surface area (TPSA) is 169 Å². The van der Waals surface area contributed by atoms with E-state index < -0.39 is 68.9 Å². The van der Waals surface area contributed by atoms with Crippen molar-refractivity contribution in [3.63, 3.8) is 0 Å². The van der Waals surface area contributed by atoms with E-state index in [0.717, 1.165) is 19.2 Å². The van der Waals surface area contributed by atoms with Crippen LogP contribution in [0.3, 0.4) is 0 Å². The number of nitrogens with one attached hydrogen (secondary N) is 2. The molecule has 0 fully saturated rings. The molecule has 1 unspecified atom stereocenters. The van der Waals surface area contributed by atoms with E-state index in [1.54, 1.807) is 13.8 Å². The molecule has 0 spiro atoms. The van der Waals surface area contributed by atoms with Gasteiger partial charge in [-0.15, -0.1) is 4.52 Å². The third-order valence-corrected chi connectivity index (χ3v) is 4.62. The smallest absolute Gasteiger partial charge is 0.462 e. The Morgan fingerprint density at radius 1 is 1.37 bits per heavy atom. The Morgan fingerprint density at radius 3 is 2.50 bits per heavy atom. The fourth-order valence-corrected chi connectivity index (χ4v) is 2.83. The van der Waals surface area contributed by atoms with Crippen LogP contribution in [0.4, 0.5) is 4.39 Å². The standard InChI is InChI=1S/C16H25FN3O9P/c1-9(2)28-14(24)10(3)19-30(26)27-8-16(17,11(4)22)29-13(7-21)20-6-5-12(23)18-15(20)25/h5-6,9-11,13,21-22H,7-8H2,1-4H3,(H-,18,19,23,25,26)/p+1/t10-,11-,13+,16+/m0/s1. The van der Waals surface area contributed by atoms with E-state index in [9.17, 15) is 29.2 Å². The zero-order valence-corrected chi connectivity index (χ0v) is 17.8. The lowest BCUT2D eigenvalue weighted by Crippen LogP contribution is -2.47. The number of carbonyl (C=O) groups is 1. The number of carbonyl (C=O) groups excluding carboxylic acids is 1. The maximum absolute atomic E-state index is 15.1. The average Bonchev–Trinajstić information content (AvgIpc) is 2.64. The molecule has 1 aromatic rings. The van der Waals surface area contributed by atoms with E-state index in [-0.39, 0.29) is 0 Å². The molecule has 12 nitrogen and oxygen atoms in total. The summed E-state index contributed by atoms with van der Waals surface area (Å²) >= 11 is 0. The second-order valence-corrected chi connectivity index (χ2v) is 7.63. The van der Waals surface area contributed by atoms with Crippen LogP contribution in [0.5, 0.6) is 0 Å². The number of nitrogens with zero attached hydrogens (tertiary/aromatic N) is 1. The van der Waals surface area contributed by atoms with Gasteiger partial charge in [0.25, 0.3) is 11.4 Å². The summed E-state index contributed by atoms with van der Waals surface area (Å²) in [6.07, 6.45) is -2.90. The SMILES string of the molecule is CC(C)OC(=O)[C@H](C)N[P+](=O)OC[C@@](F)(O[C@H](CO)n1ccc(=O)[nH]c1=O)[C@H](C)O. The Bertz CT molecular complexity index is 844. The molecular weight excluding hydrogens is 428 g/mol. The second kappa shape index (κ2) is 11.4. The van der Waals surface area contributed by atoms with Crippen molar-refractivity contribution < 1.29 is 38.0 Å². The fourth-order valence-electron chi connectivity index (χ4n) is 2.04. The van der Waals surface area contributed by atoms with Crippen LogP contribution < -0.4 is 16.3 Å². The molecule has 0 aromatic carbocycles. The maximum Gasteiger partial charge on any atom is 0.614 e. The summed E-state index contributed by atoms with van der Waals surface area (Å²) in [5.41, 5.74) is -1.70. The number of esters is 1.